The molecule has 5 nitrogen and oxygen atoms in total. The van der Waals surface area contributed by atoms with Gasteiger partial charge in [0.2, 0.25) is 5.91 Å². The molecule has 0 saturated heterocycles. The van der Waals surface area contributed by atoms with E-state index in [9.17, 15) is 9.59 Å². The Morgan fingerprint density at radius 1 is 1.00 bits per heavy atom. The lowest BCUT2D eigenvalue weighted by atomic mass is 10.0. The van der Waals surface area contributed by atoms with Crippen LogP contribution in [0.1, 0.15) is 16.1 Å². The minimum Gasteiger partial charge on any atom is -0.368 e. The van der Waals surface area contributed by atoms with Crippen LogP contribution in [0.5, 0.6) is 0 Å². The SMILES string of the molecule is NC(=O)[C@H](Cc1c(Cl)cccc1Cl)NC(=O)c1ccc2ccccc2n1. The molecule has 0 unspecified atom stereocenters. The zero-order valence-corrected chi connectivity index (χ0v) is 15.1. The van der Waals surface area contributed by atoms with E-state index in [4.69, 9.17) is 28.9 Å². The molecule has 0 radical (unpaired) electrons. The second kappa shape index (κ2) is 7.72. The largest absolute Gasteiger partial charge is 0.368 e. The lowest BCUT2D eigenvalue weighted by Crippen LogP contribution is -2.46. The minimum atomic E-state index is -0.965. The van der Waals surface area contributed by atoms with Crippen molar-refractivity contribution in [3.8, 4) is 0 Å². The third-order valence-corrected chi connectivity index (χ3v) is 4.66. The van der Waals surface area contributed by atoms with E-state index in [1.54, 1.807) is 36.4 Å². The summed E-state index contributed by atoms with van der Waals surface area (Å²) in [4.78, 5) is 28.6. The summed E-state index contributed by atoms with van der Waals surface area (Å²) in [5, 5.41) is 4.33. The summed E-state index contributed by atoms with van der Waals surface area (Å²) in [6, 6.07) is 14.9. The van der Waals surface area contributed by atoms with E-state index in [2.05, 4.69) is 10.3 Å². The van der Waals surface area contributed by atoms with Gasteiger partial charge >= 0.3 is 0 Å². The van der Waals surface area contributed by atoms with E-state index in [0.29, 0.717) is 21.1 Å². The Morgan fingerprint density at radius 3 is 2.38 bits per heavy atom. The van der Waals surface area contributed by atoms with Gasteiger partial charge in [-0.2, -0.15) is 0 Å². The number of amides is 2. The molecule has 0 aliphatic heterocycles. The Bertz CT molecular complexity index is 971. The second-order valence-corrected chi connectivity index (χ2v) is 6.54. The number of nitrogens with two attached hydrogens (primary N) is 1. The van der Waals surface area contributed by atoms with Crippen LogP contribution in [0.25, 0.3) is 10.9 Å². The zero-order valence-electron chi connectivity index (χ0n) is 13.6. The maximum Gasteiger partial charge on any atom is 0.270 e. The Hall–Kier alpha value is -2.63. The predicted molar refractivity (Wildman–Crippen MR) is 102 cm³/mol. The summed E-state index contributed by atoms with van der Waals surface area (Å²) in [6.45, 7) is 0. The standard InChI is InChI=1S/C19H15Cl2N3O2/c20-13-5-3-6-14(21)12(13)10-17(18(22)25)24-19(26)16-9-8-11-4-1-2-7-15(11)23-16/h1-9,17H,10H2,(H2,22,25)(H,24,26)/t17-/m0/s1. The van der Waals surface area contributed by atoms with E-state index in [1.165, 1.54) is 0 Å². The molecule has 3 N–H and O–H groups in total. The summed E-state index contributed by atoms with van der Waals surface area (Å²) in [6.07, 6.45) is 0.0904. The number of fused-ring (bicyclic) bond motifs is 1. The van der Waals surface area contributed by atoms with Crippen LogP contribution in [0.3, 0.4) is 0 Å². The van der Waals surface area contributed by atoms with Crippen molar-refractivity contribution in [2.75, 3.05) is 0 Å². The quantitative estimate of drug-likeness (QED) is 0.703. The van der Waals surface area contributed by atoms with Gasteiger partial charge in [0.15, 0.2) is 0 Å². The highest BCUT2D eigenvalue weighted by Gasteiger charge is 2.22. The first-order chi connectivity index (χ1) is 12.5. The number of benzene rings is 2. The van der Waals surface area contributed by atoms with Gasteiger partial charge in [-0.05, 0) is 29.8 Å². The number of nitrogens with one attached hydrogen (secondary N) is 1. The molecule has 2 aromatic carbocycles. The number of aromatic nitrogens is 1. The molecule has 7 heteroatoms. The van der Waals surface area contributed by atoms with Crippen LogP contribution in [-0.4, -0.2) is 22.8 Å². The number of hydrogen-bond acceptors (Lipinski definition) is 3. The fourth-order valence-electron chi connectivity index (χ4n) is 2.58. The van der Waals surface area contributed by atoms with E-state index in [1.807, 2.05) is 18.2 Å². The van der Waals surface area contributed by atoms with Crippen LogP contribution in [0.4, 0.5) is 0 Å². The van der Waals surface area contributed by atoms with Gasteiger partial charge in [0.1, 0.15) is 11.7 Å². The molecule has 26 heavy (non-hydrogen) atoms. The number of carbonyl (C=O) groups is 2. The lowest BCUT2D eigenvalue weighted by molar-refractivity contribution is -0.119. The zero-order chi connectivity index (χ0) is 18.7. The van der Waals surface area contributed by atoms with Crippen LogP contribution in [0.15, 0.2) is 54.6 Å². The van der Waals surface area contributed by atoms with Gasteiger partial charge in [-0.1, -0.05) is 53.5 Å². The number of halogens is 2. The van der Waals surface area contributed by atoms with Crippen molar-refractivity contribution >= 4 is 45.9 Å². The molecule has 0 aliphatic rings. The van der Waals surface area contributed by atoms with E-state index in [0.717, 1.165) is 5.39 Å². The maximum absolute atomic E-state index is 12.5. The monoisotopic (exact) mass is 387 g/mol. The molecule has 2 amide bonds. The molecule has 0 spiro atoms. The first-order valence-electron chi connectivity index (χ1n) is 7.84. The molecular weight excluding hydrogens is 373 g/mol. The van der Waals surface area contributed by atoms with E-state index in [-0.39, 0.29) is 12.1 Å². The molecular formula is C19H15Cl2N3O2. The van der Waals surface area contributed by atoms with Crippen LogP contribution in [0, 0.1) is 0 Å². The highest BCUT2D eigenvalue weighted by molar-refractivity contribution is 6.36. The first kappa shape index (κ1) is 18.2. The Kier molecular flexibility index (Phi) is 5.40. The van der Waals surface area contributed by atoms with Crippen molar-refractivity contribution in [1.29, 1.82) is 0 Å². The summed E-state index contributed by atoms with van der Waals surface area (Å²) in [7, 11) is 0. The molecule has 0 fully saturated rings. The van der Waals surface area contributed by atoms with Crippen molar-refractivity contribution in [2.24, 2.45) is 5.73 Å². The van der Waals surface area contributed by atoms with Crippen molar-refractivity contribution in [2.45, 2.75) is 12.5 Å². The predicted octanol–water partition coefficient (Wildman–Crippen LogP) is 3.37. The van der Waals surface area contributed by atoms with Crippen molar-refractivity contribution < 1.29 is 9.59 Å². The van der Waals surface area contributed by atoms with Gasteiger partial charge in [-0.3, -0.25) is 9.59 Å². The summed E-state index contributed by atoms with van der Waals surface area (Å²) in [5.41, 5.74) is 6.87. The number of hydrogen-bond donors (Lipinski definition) is 2. The molecule has 1 heterocycles. The molecule has 0 saturated carbocycles. The van der Waals surface area contributed by atoms with Crippen molar-refractivity contribution in [3.63, 3.8) is 0 Å². The summed E-state index contributed by atoms with van der Waals surface area (Å²) >= 11 is 12.3. The number of primary amides is 1. The smallest absolute Gasteiger partial charge is 0.270 e. The maximum atomic E-state index is 12.5. The Labute approximate surface area is 160 Å². The molecule has 0 aliphatic carbocycles. The number of pyridine rings is 1. The molecule has 3 rings (SSSR count). The van der Waals surface area contributed by atoms with Gasteiger partial charge in [0.25, 0.3) is 5.91 Å². The molecule has 3 aromatic rings. The first-order valence-corrected chi connectivity index (χ1v) is 8.60. The van der Waals surface area contributed by atoms with Crippen LogP contribution in [0.2, 0.25) is 10.0 Å². The second-order valence-electron chi connectivity index (χ2n) is 5.72. The molecule has 1 atom stereocenters. The van der Waals surface area contributed by atoms with Crippen LogP contribution < -0.4 is 11.1 Å². The minimum absolute atomic E-state index is 0.0904. The van der Waals surface area contributed by atoms with Gasteiger partial charge in [0.05, 0.1) is 5.52 Å². The third-order valence-electron chi connectivity index (χ3n) is 3.95. The van der Waals surface area contributed by atoms with Gasteiger partial charge in [-0.25, -0.2) is 4.98 Å². The lowest BCUT2D eigenvalue weighted by Gasteiger charge is -2.17. The number of rotatable bonds is 5. The van der Waals surface area contributed by atoms with Gasteiger partial charge in [0, 0.05) is 21.9 Å². The van der Waals surface area contributed by atoms with Crippen LogP contribution in [-0.2, 0) is 11.2 Å². The summed E-state index contributed by atoms with van der Waals surface area (Å²) in [5.74, 6) is -1.18. The van der Waals surface area contributed by atoms with Crippen molar-refractivity contribution in [3.05, 3.63) is 75.9 Å². The van der Waals surface area contributed by atoms with Gasteiger partial charge < -0.3 is 11.1 Å². The molecule has 1 aromatic heterocycles. The normalized spacial score (nSPS) is 11.9. The molecule has 132 valence electrons. The van der Waals surface area contributed by atoms with E-state index >= 15 is 0 Å². The number of para-hydroxylation sites is 1. The Morgan fingerprint density at radius 2 is 1.69 bits per heavy atom. The summed E-state index contributed by atoms with van der Waals surface area (Å²) < 4.78 is 0. The Balaban J connectivity index is 1.83. The fourth-order valence-corrected chi connectivity index (χ4v) is 3.13. The average molecular weight is 388 g/mol. The topological polar surface area (TPSA) is 85.1 Å². The molecule has 0 bridgehead atoms. The van der Waals surface area contributed by atoms with Gasteiger partial charge in [-0.15, -0.1) is 0 Å². The van der Waals surface area contributed by atoms with Crippen molar-refractivity contribution in [1.82, 2.24) is 10.3 Å². The highest BCUT2D eigenvalue weighted by atomic mass is 35.5. The fraction of sp³-hybridized carbons (Fsp3) is 0.105. The highest BCUT2D eigenvalue weighted by Crippen LogP contribution is 2.25. The number of carbonyl (C=O) groups excluding carboxylic acids is 2. The van der Waals surface area contributed by atoms with Crippen LogP contribution >= 0.6 is 23.2 Å². The third kappa shape index (κ3) is 3.95. The number of nitrogens with zero attached hydrogens (tertiary/aromatic N) is 1. The van der Waals surface area contributed by atoms with E-state index < -0.39 is 17.9 Å². The average Bonchev–Trinajstić information content (AvgIpc) is 2.63.